The van der Waals surface area contributed by atoms with E-state index in [-0.39, 0.29) is 11.9 Å². The number of anilines is 2. The fourth-order valence-corrected chi connectivity index (χ4v) is 4.93. The maximum atomic E-state index is 13.0. The Hall–Kier alpha value is -3.64. The van der Waals surface area contributed by atoms with Gasteiger partial charge in [0.2, 0.25) is 0 Å². The molecular formula is C27H27N3O2S. The summed E-state index contributed by atoms with van der Waals surface area (Å²) in [7, 11) is 1.67. The summed E-state index contributed by atoms with van der Waals surface area (Å²) in [6.45, 7) is 6.13. The highest BCUT2D eigenvalue weighted by molar-refractivity contribution is 7.16. The molecule has 2 heterocycles. The van der Waals surface area contributed by atoms with Crippen molar-refractivity contribution in [3.8, 4) is 5.75 Å². The van der Waals surface area contributed by atoms with E-state index in [2.05, 4.69) is 29.5 Å². The van der Waals surface area contributed by atoms with E-state index in [4.69, 9.17) is 4.74 Å². The minimum absolute atomic E-state index is 0.134. The highest BCUT2D eigenvalue weighted by Crippen LogP contribution is 2.43. The number of hydrogen-bond donors (Lipinski definition) is 2. The normalized spacial score (nSPS) is 11.6. The Labute approximate surface area is 198 Å². The first-order chi connectivity index (χ1) is 16.0. The number of rotatable bonds is 7. The van der Waals surface area contributed by atoms with Crippen molar-refractivity contribution in [1.82, 2.24) is 4.98 Å². The number of amides is 1. The summed E-state index contributed by atoms with van der Waals surface area (Å²) in [5.74, 6) is 1.39. The van der Waals surface area contributed by atoms with Gasteiger partial charge in [-0.2, -0.15) is 0 Å². The molecule has 168 valence electrons. The second-order valence-electron chi connectivity index (χ2n) is 7.83. The van der Waals surface area contributed by atoms with Crippen molar-refractivity contribution >= 4 is 28.1 Å². The van der Waals surface area contributed by atoms with E-state index in [9.17, 15) is 4.79 Å². The largest absolute Gasteiger partial charge is 0.496 e. The quantitative estimate of drug-likeness (QED) is 0.331. The van der Waals surface area contributed by atoms with Gasteiger partial charge in [0.15, 0.2) is 0 Å². The second-order valence-corrected chi connectivity index (χ2v) is 9.05. The minimum atomic E-state index is -0.272. The molecule has 0 radical (unpaired) electrons. The van der Waals surface area contributed by atoms with Gasteiger partial charge >= 0.3 is 0 Å². The van der Waals surface area contributed by atoms with Crippen LogP contribution in [0.25, 0.3) is 0 Å². The molecule has 2 N–H and O–H groups in total. The van der Waals surface area contributed by atoms with Crippen LogP contribution in [0.3, 0.4) is 0 Å². The van der Waals surface area contributed by atoms with E-state index in [0.29, 0.717) is 5.56 Å². The molecule has 0 fully saturated rings. The van der Waals surface area contributed by atoms with Gasteiger partial charge in [-0.05, 0) is 56.7 Å². The lowest BCUT2D eigenvalue weighted by Crippen LogP contribution is -2.18. The Kier molecular flexibility index (Phi) is 6.75. The van der Waals surface area contributed by atoms with Crippen molar-refractivity contribution in [1.29, 1.82) is 0 Å². The number of hydrogen-bond acceptors (Lipinski definition) is 5. The van der Waals surface area contributed by atoms with E-state index in [0.717, 1.165) is 43.8 Å². The Balaban J connectivity index is 1.82. The van der Waals surface area contributed by atoms with Gasteiger partial charge in [0.05, 0.1) is 13.2 Å². The van der Waals surface area contributed by atoms with Crippen LogP contribution in [-0.4, -0.2) is 18.0 Å². The predicted molar refractivity (Wildman–Crippen MR) is 136 cm³/mol. The molecule has 0 bridgehead atoms. The summed E-state index contributed by atoms with van der Waals surface area (Å²) in [5, 5.41) is 7.57. The molecule has 2 aromatic carbocycles. The third-order valence-electron chi connectivity index (χ3n) is 5.61. The fraction of sp³-hybridized carbons (Fsp3) is 0.185. The van der Waals surface area contributed by atoms with Crippen molar-refractivity contribution in [2.75, 3.05) is 17.7 Å². The Morgan fingerprint density at radius 3 is 2.39 bits per heavy atom. The lowest BCUT2D eigenvalue weighted by molar-refractivity contribution is 0.102. The predicted octanol–water partition coefficient (Wildman–Crippen LogP) is 6.53. The van der Waals surface area contributed by atoms with Crippen LogP contribution in [0.5, 0.6) is 5.75 Å². The summed E-state index contributed by atoms with van der Waals surface area (Å²) < 4.78 is 5.70. The maximum absolute atomic E-state index is 13.0. The average molecular weight is 458 g/mol. The van der Waals surface area contributed by atoms with Gasteiger partial charge in [-0.3, -0.25) is 4.79 Å². The highest BCUT2D eigenvalue weighted by Gasteiger charge is 2.27. The van der Waals surface area contributed by atoms with E-state index in [1.54, 1.807) is 18.4 Å². The molecule has 0 unspecified atom stereocenters. The number of benzene rings is 2. The molecule has 5 nitrogen and oxygen atoms in total. The molecule has 0 aliphatic heterocycles. The number of carbonyl (C=O) groups excluding carboxylic acids is 1. The van der Waals surface area contributed by atoms with Crippen molar-refractivity contribution < 1.29 is 9.53 Å². The van der Waals surface area contributed by atoms with Crippen molar-refractivity contribution in [3.63, 3.8) is 0 Å². The number of carbonyl (C=O) groups is 1. The third-order valence-corrected chi connectivity index (χ3v) is 6.75. The molecule has 4 aromatic rings. The van der Waals surface area contributed by atoms with E-state index in [1.807, 2.05) is 79.7 Å². The zero-order valence-corrected chi connectivity index (χ0v) is 20.0. The molecule has 0 saturated carbocycles. The first-order valence-electron chi connectivity index (χ1n) is 10.8. The van der Waals surface area contributed by atoms with E-state index >= 15 is 0 Å². The number of methoxy groups -OCH3 is 1. The second kappa shape index (κ2) is 9.88. The summed E-state index contributed by atoms with van der Waals surface area (Å²) in [4.78, 5) is 18.8. The standard InChI is InChI=1S/C27H27N3O2S/c1-17-11-10-16-23(28-17)29-25(21-14-8-9-15-22(21)32-4)24-18(2)19(3)33-27(24)30-26(31)20-12-6-5-7-13-20/h5-16,25H,1-4H3,(H,28,29)(H,30,31)/t25-/m0/s1. The first-order valence-corrected chi connectivity index (χ1v) is 11.6. The molecule has 0 aliphatic rings. The number of aromatic nitrogens is 1. The average Bonchev–Trinajstić information content (AvgIpc) is 3.10. The third kappa shape index (κ3) is 4.91. The van der Waals surface area contributed by atoms with Gasteiger partial charge in [-0.25, -0.2) is 4.98 Å². The summed E-state index contributed by atoms with van der Waals surface area (Å²) >= 11 is 1.58. The molecule has 1 atom stereocenters. The maximum Gasteiger partial charge on any atom is 0.256 e. The molecule has 33 heavy (non-hydrogen) atoms. The molecule has 1 amide bonds. The molecule has 0 aliphatic carbocycles. The van der Waals surface area contributed by atoms with Gasteiger partial charge in [0.1, 0.15) is 16.6 Å². The van der Waals surface area contributed by atoms with E-state index in [1.165, 1.54) is 0 Å². The monoisotopic (exact) mass is 457 g/mol. The first kappa shape index (κ1) is 22.6. The van der Waals surface area contributed by atoms with Crippen LogP contribution in [0.2, 0.25) is 0 Å². The van der Waals surface area contributed by atoms with Gasteiger partial charge < -0.3 is 15.4 Å². The number of nitrogens with zero attached hydrogens (tertiary/aromatic N) is 1. The van der Waals surface area contributed by atoms with Crippen LogP contribution < -0.4 is 15.4 Å². The van der Waals surface area contributed by atoms with E-state index < -0.39 is 0 Å². The zero-order valence-electron chi connectivity index (χ0n) is 19.2. The summed E-state index contributed by atoms with van der Waals surface area (Å²) in [6, 6.07) is 22.8. The minimum Gasteiger partial charge on any atom is -0.496 e. The van der Waals surface area contributed by atoms with Gasteiger partial charge in [0.25, 0.3) is 5.91 Å². The molecule has 0 spiro atoms. The van der Waals surface area contributed by atoms with Gasteiger partial charge in [-0.1, -0.05) is 42.5 Å². The highest BCUT2D eigenvalue weighted by atomic mass is 32.1. The number of thiophene rings is 1. The zero-order chi connectivity index (χ0) is 23.4. The smallest absolute Gasteiger partial charge is 0.256 e. The van der Waals surface area contributed by atoms with Gasteiger partial charge in [0, 0.05) is 27.3 Å². The lowest BCUT2D eigenvalue weighted by atomic mass is 9.95. The SMILES string of the molecule is COc1ccccc1[C@H](Nc1cccc(C)n1)c1c(NC(=O)c2ccccc2)sc(C)c1C. The molecule has 2 aromatic heterocycles. The van der Waals surface area contributed by atoms with Crippen molar-refractivity contribution in [3.05, 3.63) is 106 Å². The van der Waals surface area contributed by atoms with Crippen molar-refractivity contribution in [2.45, 2.75) is 26.8 Å². The Bertz CT molecular complexity index is 1270. The van der Waals surface area contributed by atoms with Crippen LogP contribution in [-0.2, 0) is 0 Å². The Morgan fingerprint density at radius 2 is 1.67 bits per heavy atom. The lowest BCUT2D eigenvalue weighted by Gasteiger charge is -2.24. The van der Waals surface area contributed by atoms with Crippen LogP contribution in [0.15, 0.2) is 72.8 Å². The number of pyridine rings is 1. The van der Waals surface area contributed by atoms with Crippen LogP contribution in [0, 0.1) is 20.8 Å². The van der Waals surface area contributed by atoms with Crippen LogP contribution in [0.1, 0.15) is 43.7 Å². The number of nitrogens with one attached hydrogen (secondary N) is 2. The van der Waals surface area contributed by atoms with Crippen molar-refractivity contribution in [2.24, 2.45) is 0 Å². The summed E-state index contributed by atoms with van der Waals surface area (Å²) in [5.41, 5.74) is 4.65. The molecule has 6 heteroatoms. The molecular weight excluding hydrogens is 430 g/mol. The summed E-state index contributed by atoms with van der Waals surface area (Å²) in [6.07, 6.45) is 0. The van der Waals surface area contributed by atoms with Crippen LogP contribution >= 0.6 is 11.3 Å². The number of aryl methyl sites for hydroxylation is 2. The topological polar surface area (TPSA) is 63.2 Å². The van der Waals surface area contributed by atoms with Gasteiger partial charge in [-0.15, -0.1) is 11.3 Å². The molecule has 0 saturated heterocycles. The molecule has 4 rings (SSSR count). The fourth-order valence-electron chi connectivity index (χ4n) is 3.83. The number of para-hydroxylation sites is 1. The van der Waals surface area contributed by atoms with Crippen LogP contribution in [0.4, 0.5) is 10.8 Å². The Morgan fingerprint density at radius 1 is 0.939 bits per heavy atom. The number of ether oxygens (including phenoxy) is 1.